The second-order valence-electron chi connectivity index (χ2n) is 6.23. The number of alkyl halides is 3. The Bertz CT molecular complexity index is 1220. The highest BCUT2D eigenvalue weighted by Crippen LogP contribution is 2.27. The number of anilines is 2. The topological polar surface area (TPSA) is 128 Å². The summed E-state index contributed by atoms with van der Waals surface area (Å²) < 4.78 is 41.0. The molecule has 0 aliphatic heterocycles. The van der Waals surface area contributed by atoms with Crippen LogP contribution in [0.15, 0.2) is 36.4 Å². The van der Waals surface area contributed by atoms with Crippen molar-refractivity contribution in [1.29, 1.82) is 0 Å². The smallest absolute Gasteiger partial charge is 0.406 e. The Morgan fingerprint density at radius 1 is 1.03 bits per heavy atom. The van der Waals surface area contributed by atoms with Gasteiger partial charge in [0.05, 0.1) is 28.7 Å². The van der Waals surface area contributed by atoms with Gasteiger partial charge in [-0.3, -0.25) is 10.1 Å². The summed E-state index contributed by atoms with van der Waals surface area (Å²) in [6, 6.07) is 8.63. The van der Waals surface area contributed by atoms with Gasteiger partial charge >= 0.3 is 6.36 Å². The molecule has 0 aliphatic carbocycles. The minimum absolute atomic E-state index is 0.147. The lowest BCUT2D eigenvalue weighted by Gasteiger charge is -2.07. The standard InChI is InChI=1S/C18H15F3N6O3/c19-18(20,21)30-10-2-4-12-14(8-10)26-17(24-12)27-16-23-11-3-1-9(7-13(11)25-16)15(29)22-5-6-28/h1-4,7-8,28H,5-6H2,(H,22,29)(H3,23,24,25,26,27). The molecule has 1 amide bonds. The molecule has 2 aromatic heterocycles. The lowest BCUT2D eigenvalue weighted by molar-refractivity contribution is -0.274. The van der Waals surface area contributed by atoms with E-state index in [2.05, 4.69) is 35.3 Å². The van der Waals surface area contributed by atoms with Gasteiger partial charge in [-0.2, -0.15) is 0 Å². The summed E-state index contributed by atoms with van der Waals surface area (Å²) in [5.41, 5.74) is 2.36. The first-order valence-electron chi connectivity index (χ1n) is 8.72. The Hall–Kier alpha value is -3.80. The van der Waals surface area contributed by atoms with Gasteiger partial charge in [-0.05, 0) is 30.3 Å². The number of halogens is 3. The van der Waals surface area contributed by atoms with Gasteiger partial charge in [-0.1, -0.05) is 0 Å². The van der Waals surface area contributed by atoms with Crippen LogP contribution in [-0.2, 0) is 0 Å². The Morgan fingerprint density at radius 2 is 1.67 bits per heavy atom. The van der Waals surface area contributed by atoms with E-state index in [0.29, 0.717) is 33.6 Å². The Labute approximate surface area is 166 Å². The van der Waals surface area contributed by atoms with Crippen molar-refractivity contribution >= 4 is 39.9 Å². The minimum atomic E-state index is -4.78. The van der Waals surface area contributed by atoms with Crippen LogP contribution in [0.25, 0.3) is 22.1 Å². The molecule has 0 spiro atoms. The number of benzene rings is 2. The maximum atomic E-state index is 12.4. The first-order valence-corrected chi connectivity index (χ1v) is 8.72. The van der Waals surface area contributed by atoms with Gasteiger partial charge in [0.1, 0.15) is 5.75 Å². The molecule has 2 aromatic carbocycles. The fourth-order valence-electron chi connectivity index (χ4n) is 2.84. The van der Waals surface area contributed by atoms with Crippen LogP contribution < -0.4 is 15.4 Å². The van der Waals surface area contributed by atoms with E-state index in [9.17, 15) is 18.0 Å². The van der Waals surface area contributed by atoms with Gasteiger partial charge in [-0.15, -0.1) is 13.2 Å². The summed E-state index contributed by atoms with van der Waals surface area (Å²) in [6.07, 6.45) is -4.78. The lowest BCUT2D eigenvalue weighted by atomic mass is 10.2. The molecule has 4 rings (SSSR count). The number of carbonyl (C=O) groups is 1. The average molecular weight is 420 g/mol. The number of aromatic amines is 2. The van der Waals surface area contributed by atoms with Crippen molar-refractivity contribution in [2.24, 2.45) is 0 Å². The first kappa shape index (κ1) is 19.5. The van der Waals surface area contributed by atoms with Gasteiger partial charge in [0.25, 0.3) is 5.91 Å². The molecule has 5 N–H and O–H groups in total. The molecule has 30 heavy (non-hydrogen) atoms. The van der Waals surface area contributed by atoms with Crippen LogP contribution in [0.3, 0.4) is 0 Å². The molecular formula is C18H15F3N6O3. The molecular weight excluding hydrogens is 405 g/mol. The van der Waals surface area contributed by atoms with E-state index in [1.807, 2.05) is 0 Å². The van der Waals surface area contributed by atoms with E-state index in [4.69, 9.17) is 5.11 Å². The predicted molar refractivity (Wildman–Crippen MR) is 102 cm³/mol. The van der Waals surface area contributed by atoms with Crippen molar-refractivity contribution < 1.29 is 27.8 Å². The Balaban J connectivity index is 1.54. The minimum Gasteiger partial charge on any atom is -0.406 e. The Kier molecular flexibility index (Phi) is 4.91. The second kappa shape index (κ2) is 7.55. The largest absolute Gasteiger partial charge is 0.573 e. The molecule has 0 atom stereocenters. The maximum Gasteiger partial charge on any atom is 0.573 e. The fraction of sp³-hybridized carbons (Fsp3) is 0.167. The zero-order valence-corrected chi connectivity index (χ0v) is 15.2. The van der Waals surface area contributed by atoms with Gasteiger partial charge < -0.3 is 25.1 Å². The van der Waals surface area contributed by atoms with Crippen molar-refractivity contribution in [1.82, 2.24) is 25.3 Å². The highest BCUT2D eigenvalue weighted by Gasteiger charge is 2.31. The van der Waals surface area contributed by atoms with Gasteiger partial charge in [-0.25, -0.2) is 9.97 Å². The SMILES string of the molecule is O=C(NCCO)c1ccc2nc(Nc3nc4ccc(OC(F)(F)F)cc4[nH]3)[nH]c2c1. The molecule has 2 heterocycles. The van der Waals surface area contributed by atoms with Crippen molar-refractivity contribution in [3.63, 3.8) is 0 Å². The van der Waals surface area contributed by atoms with Crippen LogP contribution in [0.1, 0.15) is 10.4 Å². The van der Waals surface area contributed by atoms with Crippen LogP contribution in [0.2, 0.25) is 0 Å². The number of aliphatic hydroxyl groups is 1. The first-order chi connectivity index (χ1) is 14.3. The molecule has 4 aromatic rings. The molecule has 0 fully saturated rings. The molecule has 9 nitrogen and oxygen atoms in total. The third kappa shape index (κ3) is 4.27. The summed E-state index contributed by atoms with van der Waals surface area (Å²) in [6.45, 7) is -0.0120. The monoisotopic (exact) mass is 420 g/mol. The molecule has 12 heteroatoms. The summed E-state index contributed by atoms with van der Waals surface area (Å²) >= 11 is 0. The van der Waals surface area contributed by atoms with Crippen LogP contribution >= 0.6 is 0 Å². The predicted octanol–water partition coefficient (Wildman–Crippen LogP) is 2.80. The van der Waals surface area contributed by atoms with E-state index < -0.39 is 6.36 Å². The summed E-state index contributed by atoms with van der Waals surface area (Å²) in [4.78, 5) is 26.4. The normalized spacial score (nSPS) is 11.7. The summed E-state index contributed by atoms with van der Waals surface area (Å²) in [7, 11) is 0. The third-order valence-electron chi connectivity index (χ3n) is 4.07. The molecule has 0 radical (unpaired) electrons. The Morgan fingerprint density at radius 3 is 2.30 bits per heavy atom. The third-order valence-corrected chi connectivity index (χ3v) is 4.07. The highest BCUT2D eigenvalue weighted by atomic mass is 19.4. The number of aromatic nitrogens is 4. The second-order valence-corrected chi connectivity index (χ2v) is 6.23. The molecule has 0 aliphatic rings. The van der Waals surface area contributed by atoms with Gasteiger partial charge in [0, 0.05) is 18.2 Å². The molecule has 0 unspecified atom stereocenters. The maximum absolute atomic E-state index is 12.4. The number of fused-ring (bicyclic) bond motifs is 2. The lowest BCUT2D eigenvalue weighted by Crippen LogP contribution is -2.26. The zero-order chi connectivity index (χ0) is 21.3. The average Bonchev–Trinajstić information content (AvgIpc) is 3.26. The van der Waals surface area contributed by atoms with Gasteiger partial charge in [0.2, 0.25) is 11.9 Å². The molecule has 0 saturated heterocycles. The highest BCUT2D eigenvalue weighted by molar-refractivity contribution is 5.97. The molecule has 156 valence electrons. The zero-order valence-electron chi connectivity index (χ0n) is 15.2. The number of rotatable bonds is 6. The van der Waals surface area contributed by atoms with E-state index in [1.54, 1.807) is 18.2 Å². The van der Waals surface area contributed by atoms with E-state index >= 15 is 0 Å². The number of H-pyrrole nitrogens is 2. The van der Waals surface area contributed by atoms with Crippen LogP contribution in [0, 0.1) is 0 Å². The van der Waals surface area contributed by atoms with Crippen LogP contribution in [0.5, 0.6) is 5.75 Å². The van der Waals surface area contributed by atoms with E-state index in [1.165, 1.54) is 18.2 Å². The summed E-state index contributed by atoms with van der Waals surface area (Å²) in [5.74, 6) is -0.108. The molecule has 0 saturated carbocycles. The van der Waals surface area contributed by atoms with E-state index in [-0.39, 0.29) is 30.8 Å². The van der Waals surface area contributed by atoms with Crippen molar-refractivity contribution in [3.05, 3.63) is 42.0 Å². The van der Waals surface area contributed by atoms with Crippen LogP contribution in [0.4, 0.5) is 25.1 Å². The number of nitrogens with one attached hydrogen (secondary N) is 4. The van der Waals surface area contributed by atoms with E-state index in [0.717, 1.165) is 0 Å². The van der Waals surface area contributed by atoms with Crippen molar-refractivity contribution in [2.75, 3.05) is 18.5 Å². The number of nitrogens with zero attached hydrogens (tertiary/aromatic N) is 2. The van der Waals surface area contributed by atoms with Gasteiger partial charge in [0.15, 0.2) is 0 Å². The fourth-order valence-corrected chi connectivity index (χ4v) is 2.84. The quantitative estimate of drug-likeness (QED) is 0.326. The number of aliphatic hydroxyl groups excluding tert-OH is 1. The van der Waals surface area contributed by atoms with Crippen molar-refractivity contribution in [3.8, 4) is 5.75 Å². The summed E-state index contributed by atoms with van der Waals surface area (Å²) in [5, 5.41) is 14.3. The number of ether oxygens (including phenoxy) is 1. The number of carbonyl (C=O) groups excluding carboxylic acids is 1. The molecule has 0 bridgehead atoms. The number of hydrogen-bond acceptors (Lipinski definition) is 6. The van der Waals surface area contributed by atoms with Crippen molar-refractivity contribution in [2.45, 2.75) is 6.36 Å². The number of amides is 1. The number of imidazole rings is 2. The van der Waals surface area contributed by atoms with Crippen LogP contribution in [-0.4, -0.2) is 50.5 Å². The number of hydrogen-bond donors (Lipinski definition) is 5.